The molecule has 6 amide bonds. The fraction of sp³-hybridized carbons (Fsp3) is 0.600. The van der Waals surface area contributed by atoms with Gasteiger partial charge in [0.25, 0.3) is 0 Å². The van der Waals surface area contributed by atoms with Crippen LogP contribution in [-0.4, -0.2) is 88.5 Å². The standard InChI is InChI=1S/C15H22N6O7/c1-16-14(27)18-19-6-4-11(23)20-5-2-3-10(21(20)15(19)28)13(26)17-9(8-22)7-12(24)25/h8-10H,2-7H2,1H3,(H,17,26)(H,24,25)(H2,16,18,27)/t9-,10-/m0/s1. The SMILES string of the molecule is CNC(=O)NN1CCC(=O)N2CCC[C@@H](C(=O)N[C@H](C=O)CC(=O)O)N2C1=O. The number of carbonyl (C=O) groups is 6. The molecule has 0 spiro atoms. The zero-order chi connectivity index (χ0) is 20.8. The molecule has 0 aromatic carbocycles. The smallest absolute Gasteiger partial charge is 0.358 e. The molecule has 2 aliphatic heterocycles. The number of rotatable bonds is 6. The number of hydrogen-bond donors (Lipinski definition) is 4. The van der Waals surface area contributed by atoms with E-state index in [1.165, 1.54) is 7.05 Å². The summed E-state index contributed by atoms with van der Waals surface area (Å²) in [6.07, 6.45) is 0.260. The van der Waals surface area contributed by atoms with Crippen molar-refractivity contribution >= 4 is 36.1 Å². The molecule has 0 saturated carbocycles. The van der Waals surface area contributed by atoms with Crippen LogP contribution in [0.2, 0.25) is 0 Å². The van der Waals surface area contributed by atoms with Crippen LogP contribution in [0.15, 0.2) is 0 Å². The number of nitrogens with one attached hydrogen (secondary N) is 3. The Morgan fingerprint density at radius 1 is 1.29 bits per heavy atom. The largest absolute Gasteiger partial charge is 0.481 e. The van der Waals surface area contributed by atoms with E-state index < -0.39 is 48.4 Å². The van der Waals surface area contributed by atoms with Gasteiger partial charge in [0, 0.05) is 20.0 Å². The summed E-state index contributed by atoms with van der Waals surface area (Å²) in [6, 6.07) is -3.85. The molecular formula is C15H22N6O7. The molecular weight excluding hydrogens is 376 g/mol. The number of carbonyl (C=O) groups excluding carboxylic acids is 5. The normalized spacial score (nSPS) is 20.6. The highest BCUT2D eigenvalue weighted by Crippen LogP contribution is 2.23. The maximum absolute atomic E-state index is 12.9. The molecule has 4 N–H and O–H groups in total. The van der Waals surface area contributed by atoms with E-state index in [1.807, 2.05) is 0 Å². The van der Waals surface area contributed by atoms with Gasteiger partial charge in [-0.3, -0.25) is 14.4 Å². The topological polar surface area (TPSA) is 168 Å². The quantitative estimate of drug-likeness (QED) is 0.376. The number of aldehydes is 1. The minimum absolute atomic E-state index is 0.0590. The number of hydrazine groups is 2. The van der Waals surface area contributed by atoms with Crippen LogP contribution in [0.1, 0.15) is 25.7 Å². The third-order valence-electron chi connectivity index (χ3n) is 4.32. The number of aliphatic carboxylic acids is 1. The van der Waals surface area contributed by atoms with Crippen molar-refractivity contribution in [2.75, 3.05) is 20.1 Å². The van der Waals surface area contributed by atoms with E-state index in [0.717, 1.165) is 15.0 Å². The molecule has 13 nitrogen and oxygen atoms in total. The molecule has 2 fully saturated rings. The highest BCUT2D eigenvalue weighted by atomic mass is 16.4. The molecule has 154 valence electrons. The van der Waals surface area contributed by atoms with Crippen molar-refractivity contribution in [1.29, 1.82) is 0 Å². The number of urea groups is 2. The second-order valence-electron chi connectivity index (χ2n) is 6.24. The van der Waals surface area contributed by atoms with Crippen molar-refractivity contribution in [3.05, 3.63) is 0 Å². The Labute approximate surface area is 159 Å². The van der Waals surface area contributed by atoms with Gasteiger partial charge in [0.05, 0.1) is 19.0 Å². The van der Waals surface area contributed by atoms with Crippen molar-refractivity contribution in [3.8, 4) is 0 Å². The summed E-state index contributed by atoms with van der Waals surface area (Å²) < 4.78 is 0. The van der Waals surface area contributed by atoms with Crippen LogP contribution in [0.4, 0.5) is 9.59 Å². The molecule has 2 aliphatic rings. The first-order valence-corrected chi connectivity index (χ1v) is 8.65. The summed E-state index contributed by atoms with van der Waals surface area (Å²) in [5.41, 5.74) is 2.30. The number of amides is 6. The van der Waals surface area contributed by atoms with E-state index in [9.17, 15) is 28.8 Å². The van der Waals surface area contributed by atoms with Gasteiger partial charge in [-0.1, -0.05) is 0 Å². The van der Waals surface area contributed by atoms with E-state index in [4.69, 9.17) is 5.11 Å². The number of hydrogen-bond acceptors (Lipinski definition) is 6. The molecule has 13 heteroatoms. The molecule has 28 heavy (non-hydrogen) atoms. The number of carboxylic acids is 1. The highest BCUT2D eigenvalue weighted by Gasteiger charge is 2.44. The third kappa shape index (κ3) is 4.66. The lowest BCUT2D eigenvalue weighted by molar-refractivity contribution is -0.155. The minimum Gasteiger partial charge on any atom is -0.481 e. The molecule has 2 heterocycles. The van der Waals surface area contributed by atoms with Crippen LogP contribution >= 0.6 is 0 Å². The van der Waals surface area contributed by atoms with Gasteiger partial charge >= 0.3 is 18.0 Å². The zero-order valence-corrected chi connectivity index (χ0v) is 15.2. The van der Waals surface area contributed by atoms with Gasteiger partial charge in [-0.15, -0.1) is 0 Å². The van der Waals surface area contributed by atoms with Crippen molar-refractivity contribution in [2.24, 2.45) is 0 Å². The summed E-state index contributed by atoms with van der Waals surface area (Å²) >= 11 is 0. The van der Waals surface area contributed by atoms with Crippen molar-refractivity contribution in [2.45, 2.75) is 37.8 Å². The van der Waals surface area contributed by atoms with E-state index >= 15 is 0 Å². The number of fused-ring (bicyclic) bond motifs is 1. The fourth-order valence-corrected chi connectivity index (χ4v) is 2.99. The predicted octanol–water partition coefficient (Wildman–Crippen LogP) is -1.98. The van der Waals surface area contributed by atoms with E-state index in [0.29, 0.717) is 12.7 Å². The first-order chi connectivity index (χ1) is 13.3. The van der Waals surface area contributed by atoms with Crippen LogP contribution in [0, 0.1) is 0 Å². The van der Waals surface area contributed by atoms with Crippen molar-refractivity contribution < 1.29 is 33.9 Å². The summed E-state index contributed by atoms with van der Waals surface area (Å²) in [5.74, 6) is -2.43. The van der Waals surface area contributed by atoms with E-state index in [1.54, 1.807) is 0 Å². The monoisotopic (exact) mass is 398 g/mol. The first-order valence-electron chi connectivity index (χ1n) is 8.65. The van der Waals surface area contributed by atoms with Crippen LogP contribution in [0.25, 0.3) is 0 Å². The molecule has 2 rings (SSSR count). The average molecular weight is 398 g/mol. The molecule has 2 atom stereocenters. The maximum Gasteiger partial charge on any atom is 0.358 e. The molecule has 2 saturated heterocycles. The molecule has 0 radical (unpaired) electrons. The Balaban J connectivity index is 2.24. The minimum atomic E-state index is -1.27. The number of carboxylic acid groups (broad SMARTS) is 1. The van der Waals surface area contributed by atoms with Crippen LogP contribution in [-0.2, 0) is 19.2 Å². The maximum atomic E-state index is 12.9. The van der Waals surface area contributed by atoms with Gasteiger partial charge in [0.1, 0.15) is 12.3 Å². The van der Waals surface area contributed by atoms with Gasteiger partial charge < -0.3 is 20.5 Å². The average Bonchev–Trinajstić information content (AvgIpc) is 2.78. The Bertz CT molecular complexity index is 684. The van der Waals surface area contributed by atoms with Gasteiger partial charge in [0.2, 0.25) is 11.8 Å². The number of nitrogens with zero attached hydrogens (tertiary/aromatic N) is 3. The molecule has 0 aliphatic carbocycles. The summed E-state index contributed by atoms with van der Waals surface area (Å²) in [4.78, 5) is 71.3. The van der Waals surface area contributed by atoms with Gasteiger partial charge in [-0.2, -0.15) is 0 Å². The second-order valence-corrected chi connectivity index (χ2v) is 6.24. The highest BCUT2D eigenvalue weighted by molar-refractivity contribution is 5.92. The van der Waals surface area contributed by atoms with Gasteiger partial charge in [0.15, 0.2) is 0 Å². The Kier molecular flexibility index (Phi) is 6.74. The van der Waals surface area contributed by atoms with Crippen molar-refractivity contribution in [1.82, 2.24) is 31.1 Å². The molecule has 0 unspecified atom stereocenters. The summed E-state index contributed by atoms with van der Waals surface area (Å²) in [7, 11) is 1.36. The zero-order valence-electron chi connectivity index (χ0n) is 15.2. The predicted molar refractivity (Wildman–Crippen MR) is 91.1 cm³/mol. The molecule has 0 aromatic rings. The Hall–Kier alpha value is -3.38. The van der Waals surface area contributed by atoms with Gasteiger partial charge in [-0.25, -0.2) is 30.0 Å². The molecule has 0 aromatic heterocycles. The van der Waals surface area contributed by atoms with Crippen molar-refractivity contribution in [3.63, 3.8) is 0 Å². The van der Waals surface area contributed by atoms with Crippen LogP contribution in [0.5, 0.6) is 0 Å². The third-order valence-corrected chi connectivity index (χ3v) is 4.32. The lowest BCUT2D eigenvalue weighted by Crippen LogP contribution is -2.65. The summed E-state index contributed by atoms with van der Waals surface area (Å²) in [5, 5.41) is 16.4. The lowest BCUT2D eigenvalue weighted by atomic mass is 10.1. The lowest BCUT2D eigenvalue weighted by Gasteiger charge is -2.42. The second kappa shape index (κ2) is 9.01. The Morgan fingerprint density at radius 3 is 2.61 bits per heavy atom. The summed E-state index contributed by atoms with van der Waals surface area (Å²) in [6.45, 7) is 0.136. The van der Waals surface area contributed by atoms with E-state index in [-0.39, 0.29) is 25.9 Å². The molecule has 0 bridgehead atoms. The Morgan fingerprint density at radius 2 is 2.00 bits per heavy atom. The van der Waals surface area contributed by atoms with Crippen LogP contribution in [0.3, 0.4) is 0 Å². The fourth-order valence-electron chi connectivity index (χ4n) is 2.99. The van der Waals surface area contributed by atoms with E-state index in [2.05, 4.69) is 16.1 Å². The van der Waals surface area contributed by atoms with Crippen LogP contribution < -0.4 is 16.1 Å². The first kappa shape index (κ1) is 20.9. The van der Waals surface area contributed by atoms with Gasteiger partial charge in [-0.05, 0) is 12.8 Å².